The molecular weight excluding hydrogens is 179 g/mol. The number of hydrogen-bond donors (Lipinski definition) is 2. The van der Waals surface area contributed by atoms with Gasteiger partial charge in [0, 0.05) is 17.5 Å². The molecule has 6 heteroatoms. The molecule has 0 aromatic carbocycles. The van der Waals surface area contributed by atoms with Crippen molar-refractivity contribution in [3.05, 3.63) is 0 Å². The Morgan fingerprint density at radius 1 is 1.36 bits per heavy atom. The normalized spacial score (nSPS) is 13.6. The Labute approximate surface area is 67.3 Å². The summed E-state index contributed by atoms with van der Waals surface area (Å²) >= 11 is -0.345. The van der Waals surface area contributed by atoms with E-state index in [1.54, 1.807) is 0 Å². The van der Waals surface area contributed by atoms with Gasteiger partial charge in [-0.05, 0) is 13.8 Å². The molecule has 0 unspecified atom stereocenters. The summed E-state index contributed by atoms with van der Waals surface area (Å²) < 4.78 is 36.7. The minimum Gasteiger partial charge on any atom is -0.394 e. The Bertz CT molecular complexity index is 125. The Balaban J connectivity index is 3.70. The molecule has 0 fully saturated rings. The monoisotopic (exact) mass is 189 g/mol. The molecule has 0 aliphatic carbocycles. The third kappa shape index (κ3) is 6.46. The van der Waals surface area contributed by atoms with E-state index in [-0.39, 0.29) is 18.6 Å². The number of alkyl halides is 3. The van der Waals surface area contributed by atoms with Crippen LogP contribution in [0.3, 0.4) is 0 Å². The minimum atomic E-state index is -4.30. The molecule has 2 nitrogen and oxygen atoms in total. The maximum Gasteiger partial charge on any atom is 0.456 e. The van der Waals surface area contributed by atoms with E-state index in [0.717, 1.165) is 0 Å². The van der Waals surface area contributed by atoms with Gasteiger partial charge in [-0.1, -0.05) is 0 Å². The van der Waals surface area contributed by atoms with Crippen molar-refractivity contribution >= 4 is 11.9 Å². The highest BCUT2D eigenvalue weighted by Gasteiger charge is 2.31. The van der Waals surface area contributed by atoms with Crippen LogP contribution >= 0.6 is 11.9 Å². The fourth-order valence-corrected chi connectivity index (χ4v) is 0.685. The van der Waals surface area contributed by atoms with Crippen molar-refractivity contribution in [2.45, 2.75) is 24.9 Å². The quantitative estimate of drug-likeness (QED) is 0.660. The SMILES string of the molecule is CC(C)(CO)NSC(F)(F)F. The smallest absolute Gasteiger partial charge is 0.394 e. The van der Waals surface area contributed by atoms with E-state index in [9.17, 15) is 13.2 Å². The number of halogens is 3. The molecule has 0 rings (SSSR count). The summed E-state index contributed by atoms with van der Waals surface area (Å²) in [6.45, 7) is 2.62. The van der Waals surface area contributed by atoms with Crippen LogP contribution in [0.2, 0.25) is 0 Å². The molecule has 0 radical (unpaired) electrons. The first-order valence-corrected chi connectivity index (χ1v) is 3.71. The van der Waals surface area contributed by atoms with E-state index in [0.29, 0.717) is 0 Å². The summed E-state index contributed by atoms with van der Waals surface area (Å²) in [5, 5.41) is 8.55. The second-order valence-corrected chi connectivity index (χ2v) is 3.56. The van der Waals surface area contributed by atoms with Crippen molar-refractivity contribution in [2.75, 3.05) is 6.61 Å². The van der Waals surface area contributed by atoms with Crippen LogP contribution in [0, 0.1) is 0 Å². The zero-order chi connectivity index (χ0) is 9.12. The summed E-state index contributed by atoms with van der Waals surface area (Å²) in [4.78, 5) is 0. The van der Waals surface area contributed by atoms with Gasteiger partial charge < -0.3 is 5.11 Å². The average Bonchev–Trinajstić information content (AvgIpc) is 1.83. The first kappa shape index (κ1) is 11.1. The molecular formula is C5H10F3NOS. The average molecular weight is 189 g/mol. The molecule has 0 saturated carbocycles. The van der Waals surface area contributed by atoms with Crippen molar-refractivity contribution in [3.8, 4) is 0 Å². The number of hydrogen-bond acceptors (Lipinski definition) is 3. The van der Waals surface area contributed by atoms with Crippen molar-refractivity contribution in [3.63, 3.8) is 0 Å². The van der Waals surface area contributed by atoms with Crippen molar-refractivity contribution < 1.29 is 18.3 Å². The Morgan fingerprint density at radius 2 is 1.82 bits per heavy atom. The van der Waals surface area contributed by atoms with E-state index in [2.05, 4.69) is 4.72 Å². The third-order valence-corrected chi connectivity index (χ3v) is 1.72. The van der Waals surface area contributed by atoms with Gasteiger partial charge in [-0.15, -0.1) is 0 Å². The van der Waals surface area contributed by atoms with Crippen LogP contribution in [0.1, 0.15) is 13.8 Å². The fourth-order valence-electron chi connectivity index (χ4n) is 0.228. The summed E-state index contributed by atoms with van der Waals surface area (Å²) in [5.74, 6) is 0. The molecule has 0 amide bonds. The van der Waals surface area contributed by atoms with E-state index in [1.807, 2.05) is 0 Å². The van der Waals surface area contributed by atoms with Gasteiger partial charge >= 0.3 is 5.51 Å². The molecule has 0 aliphatic rings. The van der Waals surface area contributed by atoms with Crippen molar-refractivity contribution in [2.24, 2.45) is 0 Å². The second kappa shape index (κ2) is 3.64. The Kier molecular flexibility index (Phi) is 3.66. The van der Waals surface area contributed by atoms with E-state index >= 15 is 0 Å². The van der Waals surface area contributed by atoms with Crippen LogP contribution in [0.25, 0.3) is 0 Å². The molecule has 0 heterocycles. The largest absolute Gasteiger partial charge is 0.456 e. The molecule has 0 atom stereocenters. The van der Waals surface area contributed by atoms with Crippen molar-refractivity contribution in [1.82, 2.24) is 4.72 Å². The van der Waals surface area contributed by atoms with Gasteiger partial charge in [0.1, 0.15) is 0 Å². The van der Waals surface area contributed by atoms with E-state index < -0.39 is 11.0 Å². The molecule has 2 N–H and O–H groups in total. The van der Waals surface area contributed by atoms with Crippen LogP contribution in [-0.4, -0.2) is 22.8 Å². The molecule has 0 aliphatic heterocycles. The van der Waals surface area contributed by atoms with E-state index in [4.69, 9.17) is 5.11 Å². The molecule has 11 heavy (non-hydrogen) atoms. The van der Waals surface area contributed by atoms with Gasteiger partial charge in [0.05, 0.1) is 6.61 Å². The fraction of sp³-hybridized carbons (Fsp3) is 1.00. The number of rotatable bonds is 3. The lowest BCUT2D eigenvalue weighted by Gasteiger charge is -2.22. The summed E-state index contributed by atoms with van der Waals surface area (Å²) in [5.41, 5.74) is -5.20. The Hall–Kier alpha value is 0.0600. The number of aliphatic hydroxyl groups excluding tert-OH is 1. The number of nitrogens with one attached hydrogen (secondary N) is 1. The topological polar surface area (TPSA) is 32.3 Å². The summed E-state index contributed by atoms with van der Waals surface area (Å²) in [7, 11) is 0. The van der Waals surface area contributed by atoms with Gasteiger partial charge in [-0.2, -0.15) is 13.2 Å². The van der Waals surface area contributed by atoms with Crippen LogP contribution in [-0.2, 0) is 0 Å². The summed E-state index contributed by atoms with van der Waals surface area (Å²) in [6, 6.07) is 0. The zero-order valence-corrected chi connectivity index (χ0v) is 7.01. The van der Waals surface area contributed by atoms with Crippen LogP contribution in [0.5, 0.6) is 0 Å². The van der Waals surface area contributed by atoms with Crippen molar-refractivity contribution in [1.29, 1.82) is 0 Å². The maximum atomic E-state index is 11.5. The van der Waals surface area contributed by atoms with Gasteiger partial charge in [0.15, 0.2) is 0 Å². The highest BCUT2D eigenvalue weighted by molar-refractivity contribution is 7.98. The predicted octanol–water partition coefficient (Wildman–Crippen LogP) is 1.51. The molecule has 0 aromatic rings. The molecule has 0 spiro atoms. The van der Waals surface area contributed by atoms with Crippen LogP contribution < -0.4 is 4.72 Å². The lowest BCUT2D eigenvalue weighted by atomic mass is 10.1. The highest BCUT2D eigenvalue weighted by Crippen LogP contribution is 2.29. The lowest BCUT2D eigenvalue weighted by Crippen LogP contribution is -2.39. The lowest BCUT2D eigenvalue weighted by molar-refractivity contribution is -0.0342. The molecule has 0 bridgehead atoms. The third-order valence-electron chi connectivity index (χ3n) is 0.838. The molecule has 0 saturated heterocycles. The predicted molar refractivity (Wildman–Crippen MR) is 37.9 cm³/mol. The van der Waals surface area contributed by atoms with Gasteiger partial charge in [0.2, 0.25) is 0 Å². The number of aliphatic hydroxyl groups is 1. The molecule has 68 valence electrons. The van der Waals surface area contributed by atoms with Crippen LogP contribution in [0.4, 0.5) is 13.2 Å². The summed E-state index contributed by atoms with van der Waals surface area (Å²) in [6.07, 6.45) is 0. The van der Waals surface area contributed by atoms with Gasteiger partial charge in [-0.3, -0.25) is 0 Å². The minimum absolute atomic E-state index is 0.337. The standard InChI is InChI=1S/C5H10F3NOS/c1-4(2,3-10)9-11-5(6,7)8/h9-10H,3H2,1-2H3. The first-order chi connectivity index (χ1) is 4.77. The zero-order valence-electron chi connectivity index (χ0n) is 6.20. The first-order valence-electron chi connectivity index (χ1n) is 2.89. The Morgan fingerprint density at radius 3 is 2.09 bits per heavy atom. The van der Waals surface area contributed by atoms with Crippen LogP contribution in [0.15, 0.2) is 0 Å². The van der Waals surface area contributed by atoms with Gasteiger partial charge in [0.25, 0.3) is 0 Å². The molecule has 0 aromatic heterocycles. The second-order valence-electron chi connectivity index (χ2n) is 2.69. The maximum absolute atomic E-state index is 11.5. The highest BCUT2D eigenvalue weighted by atomic mass is 32.2. The van der Waals surface area contributed by atoms with E-state index in [1.165, 1.54) is 13.8 Å². The van der Waals surface area contributed by atoms with Gasteiger partial charge in [-0.25, -0.2) is 4.72 Å².